The Morgan fingerprint density at radius 2 is 2.39 bits per heavy atom. The van der Waals surface area contributed by atoms with E-state index in [0.717, 1.165) is 22.5 Å². The molecule has 0 aliphatic heterocycles. The maximum Gasteiger partial charge on any atom is 0.105 e. The monoisotopic (exact) mass is 260 g/mol. The summed E-state index contributed by atoms with van der Waals surface area (Å²) in [5.41, 5.74) is 1.26. The number of rotatable bonds is 5. The molecular weight excluding hydrogens is 244 g/mol. The standard InChI is InChI=1S/C13H16N4S/c1-17-9-12(8-16-17)18-13-10(3-2-6-14-13)7-15-11-4-5-11/h2-3,6,8-9,11,15H,4-5,7H2,1H3. The van der Waals surface area contributed by atoms with Gasteiger partial charge >= 0.3 is 0 Å². The van der Waals surface area contributed by atoms with Crippen molar-refractivity contribution in [3.05, 3.63) is 36.3 Å². The third kappa shape index (κ3) is 2.91. The molecule has 2 aromatic heterocycles. The van der Waals surface area contributed by atoms with E-state index < -0.39 is 0 Å². The minimum atomic E-state index is 0.724. The zero-order chi connectivity index (χ0) is 12.4. The number of aromatic nitrogens is 3. The minimum Gasteiger partial charge on any atom is -0.310 e. The van der Waals surface area contributed by atoms with Crippen LogP contribution < -0.4 is 5.32 Å². The van der Waals surface area contributed by atoms with Gasteiger partial charge in [-0.15, -0.1) is 0 Å². The van der Waals surface area contributed by atoms with Crippen LogP contribution in [0.4, 0.5) is 0 Å². The van der Waals surface area contributed by atoms with E-state index in [0.29, 0.717) is 0 Å². The van der Waals surface area contributed by atoms with E-state index in [1.807, 2.05) is 36.4 Å². The van der Waals surface area contributed by atoms with Gasteiger partial charge in [-0.3, -0.25) is 4.68 Å². The van der Waals surface area contributed by atoms with Crippen molar-refractivity contribution in [2.75, 3.05) is 0 Å². The minimum absolute atomic E-state index is 0.724. The smallest absolute Gasteiger partial charge is 0.105 e. The number of hydrogen-bond acceptors (Lipinski definition) is 4. The van der Waals surface area contributed by atoms with Crippen LogP contribution in [0.3, 0.4) is 0 Å². The van der Waals surface area contributed by atoms with Crippen molar-refractivity contribution in [3.63, 3.8) is 0 Å². The molecule has 2 heterocycles. The third-order valence-corrected chi connectivity index (χ3v) is 3.91. The van der Waals surface area contributed by atoms with Crippen molar-refractivity contribution >= 4 is 11.8 Å². The van der Waals surface area contributed by atoms with E-state index in [1.165, 1.54) is 18.4 Å². The summed E-state index contributed by atoms with van der Waals surface area (Å²) >= 11 is 1.67. The molecule has 0 aromatic carbocycles. The molecule has 0 amide bonds. The second kappa shape index (κ2) is 5.12. The molecule has 0 saturated heterocycles. The second-order valence-corrected chi connectivity index (χ2v) is 5.64. The van der Waals surface area contributed by atoms with Gasteiger partial charge in [-0.25, -0.2) is 4.98 Å². The Morgan fingerprint density at radius 3 is 3.11 bits per heavy atom. The largest absolute Gasteiger partial charge is 0.310 e. The van der Waals surface area contributed by atoms with Crippen LogP contribution in [-0.2, 0) is 13.6 Å². The quantitative estimate of drug-likeness (QED) is 0.895. The fourth-order valence-corrected chi connectivity index (χ4v) is 2.67. The molecule has 2 aromatic rings. The third-order valence-electron chi connectivity index (χ3n) is 2.90. The van der Waals surface area contributed by atoms with Crippen LogP contribution in [0.5, 0.6) is 0 Å². The Hall–Kier alpha value is -1.33. The first-order chi connectivity index (χ1) is 8.81. The SMILES string of the molecule is Cn1cc(Sc2ncccc2CNC2CC2)cn1. The number of pyridine rings is 1. The summed E-state index contributed by atoms with van der Waals surface area (Å²) in [7, 11) is 1.93. The molecule has 1 N–H and O–H groups in total. The van der Waals surface area contributed by atoms with Crippen molar-refractivity contribution in [1.29, 1.82) is 0 Å². The predicted octanol–water partition coefficient (Wildman–Crippen LogP) is 2.22. The first kappa shape index (κ1) is 11.7. The Bertz CT molecular complexity index is 533. The van der Waals surface area contributed by atoms with E-state index in [1.54, 1.807) is 11.8 Å². The molecule has 1 fully saturated rings. The normalized spacial score (nSPS) is 14.9. The molecule has 18 heavy (non-hydrogen) atoms. The summed E-state index contributed by atoms with van der Waals surface area (Å²) in [5, 5.41) is 8.78. The highest BCUT2D eigenvalue weighted by atomic mass is 32.2. The lowest BCUT2D eigenvalue weighted by atomic mass is 10.3. The van der Waals surface area contributed by atoms with Crippen molar-refractivity contribution in [1.82, 2.24) is 20.1 Å². The van der Waals surface area contributed by atoms with Crippen molar-refractivity contribution in [2.45, 2.75) is 35.3 Å². The Balaban J connectivity index is 1.73. The first-order valence-corrected chi connectivity index (χ1v) is 6.97. The van der Waals surface area contributed by atoms with Gasteiger partial charge in [-0.05, 0) is 24.5 Å². The summed E-state index contributed by atoms with van der Waals surface area (Å²) in [4.78, 5) is 5.60. The van der Waals surface area contributed by atoms with Gasteiger partial charge in [0.05, 0.1) is 11.1 Å². The van der Waals surface area contributed by atoms with Crippen LogP contribution >= 0.6 is 11.8 Å². The van der Waals surface area contributed by atoms with Gasteiger partial charge in [0.1, 0.15) is 5.03 Å². The lowest BCUT2D eigenvalue weighted by Gasteiger charge is -2.07. The summed E-state index contributed by atoms with van der Waals surface area (Å²) < 4.78 is 1.81. The van der Waals surface area contributed by atoms with Crippen LogP contribution in [0.15, 0.2) is 40.6 Å². The fourth-order valence-electron chi connectivity index (χ4n) is 1.76. The number of nitrogens with one attached hydrogen (secondary N) is 1. The second-order valence-electron chi connectivity index (χ2n) is 4.57. The van der Waals surface area contributed by atoms with Crippen LogP contribution in [0, 0.1) is 0 Å². The van der Waals surface area contributed by atoms with Gasteiger partial charge in [0, 0.05) is 32.0 Å². The van der Waals surface area contributed by atoms with E-state index in [4.69, 9.17) is 0 Å². The van der Waals surface area contributed by atoms with Gasteiger partial charge in [0.25, 0.3) is 0 Å². The molecular formula is C13H16N4S. The molecule has 1 aliphatic carbocycles. The molecule has 3 rings (SSSR count). The summed E-state index contributed by atoms with van der Waals surface area (Å²) in [6.45, 7) is 0.904. The van der Waals surface area contributed by atoms with Gasteiger partial charge < -0.3 is 5.32 Å². The van der Waals surface area contributed by atoms with Gasteiger partial charge in [0.15, 0.2) is 0 Å². The molecule has 0 radical (unpaired) electrons. The lowest BCUT2D eigenvalue weighted by molar-refractivity contribution is 0.675. The van der Waals surface area contributed by atoms with Gasteiger partial charge in [0.2, 0.25) is 0 Å². The van der Waals surface area contributed by atoms with Crippen LogP contribution in [0.2, 0.25) is 0 Å². The maximum atomic E-state index is 4.47. The van der Waals surface area contributed by atoms with E-state index in [2.05, 4.69) is 21.5 Å². The van der Waals surface area contributed by atoms with Crippen molar-refractivity contribution < 1.29 is 0 Å². The molecule has 1 saturated carbocycles. The lowest BCUT2D eigenvalue weighted by Crippen LogP contribution is -2.16. The molecule has 0 bridgehead atoms. The molecule has 0 atom stereocenters. The number of hydrogen-bond donors (Lipinski definition) is 1. The highest BCUT2D eigenvalue weighted by molar-refractivity contribution is 7.99. The van der Waals surface area contributed by atoms with Gasteiger partial charge in [-0.2, -0.15) is 5.10 Å². The Kier molecular flexibility index (Phi) is 3.34. The van der Waals surface area contributed by atoms with E-state index in [9.17, 15) is 0 Å². The average molecular weight is 260 g/mol. The molecule has 5 heteroatoms. The predicted molar refractivity (Wildman–Crippen MR) is 71.4 cm³/mol. The first-order valence-electron chi connectivity index (χ1n) is 6.15. The van der Waals surface area contributed by atoms with Crippen molar-refractivity contribution in [3.8, 4) is 0 Å². The topological polar surface area (TPSA) is 42.7 Å². The number of aryl methyl sites for hydroxylation is 1. The Morgan fingerprint density at radius 1 is 1.50 bits per heavy atom. The summed E-state index contributed by atoms with van der Waals surface area (Å²) in [6.07, 6.45) is 8.35. The van der Waals surface area contributed by atoms with E-state index in [-0.39, 0.29) is 0 Å². The highest BCUT2D eigenvalue weighted by Gasteiger charge is 2.20. The van der Waals surface area contributed by atoms with Gasteiger partial charge in [-0.1, -0.05) is 17.8 Å². The Labute approximate surface area is 111 Å². The van der Waals surface area contributed by atoms with Crippen LogP contribution in [0.25, 0.3) is 0 Å². The van der Waals surface area contributed by atoms with E-state index >= 15 is 0 Å². The molecule has 4 nitrogen and oxygen atoms in total. The zero-order valence-electron chi connectivity index (χ0n) is 10.3. The summed E-state index contributed by atoms with van der Waals surface area (Å²) in [5.74, 6) is 0. The molecule has 94 valence electrons. The molecule has 0 spiro atoms. The zero-order valence-corrected chi connectivity index (χ0v) is 11.2. The summed E-state index contributed by atoms with van der Waals surface area (Å²) in [6, 6.07) is 4.86. The van der Waals surface area contributed by atoms with Crippen molar-refractivity contribution in [2.24, 2.45) is 7.05 Å². The van der Waals surface area contributed by atoms with Crippen LogP contribution in [-0.4, -0.2) is 20.8 Å². The maximum absolute atomic E-state index is 4.47. The van der Waals surface area contributed by atoms with Crippen LogP contribution in [0.1, 0.15) is 18.4 Å². The average Bonchev–Trinajstić information content (AvgIpc) is 3.12. The highest BCUT2D eigenvalue weighted by Crippen LogP contribution is 2.28. The number of nitrogens with zero attached hydrogens (tertiary/aromatic N) is 3. The fraction of sp³-hybridized carbons (Fsp3) is 0.385. The molecule has 0 unspecified atom stereocenters. The molecule has 1 aliphatic rings.